The van der Waals surface area contributed by atoms with Gasteiger partial charge in [-0.2, -0.15) is 5.10 Å². The molecule has 2 atom stereocenters. The minimum Gasteiger partial charge on any atom is -0.369 e. The van der Waals surface area contributed by atoms with Crippen LogP contribution >= 0.6 is 0 Å². The number of nitrogens with one attached hydrogen (secondary N) is 1. The number of carbonyl (C=O) groups is 1. The lowest BCUT2D eigenvalue weighted by atomic mass is 9.75. The van der Waals surface area contributed by atoms with Crippen molar-refractivity contribution in [2.24, 2.45) is 22.6 Å². The zero-order valence-electron chi connectivity index (χ0n) is 13.4. The number of fused-ring (bicyclic) bond motifs is 1. The number of nitrogens with zero attached hydrogens (tertiary/aromatic N) is 3. The van der Waals surface area contributed by atoms with Crippen molar-refractivity contribution in [2.75, 3.05) is 7.05 Å². The Bertz CT molecular complexity index is 806. The van der Waals surface area contributed by atoms with Crippen LogP contribution < -0.4 is 5.73 Å². The van der Waals surface area contributed by atoms with Gasteiger partial charge in [-0.05, 0) is 30.9 Å². The predicted molar refractivity (Wildman–Crippen MR) is 88.7 cm³/mol. The number of H-pyrrole nitrogens is 1. The number of aromatic nitrogens is 2. The van der Waals surface area contributed by atoms with Gasteiger partial charge >= 0.3 is 0 Å². The molecule has 1 amide bonds. The Morgan fingerprint density at radius 1 is 1.43 bits per heavy atom. The summed E-state index contributed by atoms with van der Waals surface area (Å²) in [7, 11) is 1.71. The molecule has 2 heterocycles. The smallest absolute Gasteiger partial charge is 0.234 e. The fourth-order valence-electron chi connectivity index (χ4n) is 3.51. The molecule has 1 aromatic carbocycles. The average molecular weight is 311 g/mol. The molecule has 2 aliphatic rings. The van der Waals surface area contributed by atoms with Gasteiger partial charge in [0.25, 0.3) is 0 Å². The number of hydrogen-bond donors (Lipinski definition) is 2. The summed E-state index contributed by atoms with van der Waals surface area (Å²) in [6.07, 6.45) is 5.09. The Morgan fingerprint density at radius 2 is 2.22 bits per heavy atom. The highest BCUT2D eigenvalue weighted by Crippen LogP contribution is 2.46. The molecule has 4 rings (SSSR count). The molecule has 23 heavy (non-hydrogen) atoms. The third-order valence-corrected chi connectivity index (χ3v) is 5.29. The third kappa shape index (κ3) is 2.20. The zero-order valence-corrected chi connectivity index (χ0v) is 13.4. The first-order valence-electron chi connectivity index (χ1n) is 8.05. The average Bonchev–Trinajstić information content (AvgIpc) is 3.23. The SMILES string of the molecule is CN1C(=O)C(CC2CC2)[C@@](C)(c2ccc3cn[nH]c3c2)N=C1N. The van der Waals surface area contributed by atoms with Gasteiger partial charge in [0.2, 0.25) is 5.91 Å². The van der Waals surface area contributed by atoms with Gasteiger partial charge in [-0.1, -0.05) is 25.0 Å². The van der Waals surface area contributed by atoms with Gasteiger partial charge < -0.3 is 5.73 Å². The van der Waals surface area contributed by atoms with Crippen molar-refractivity contribution in [1.29, 1.82) is 0 Å². The highest BCUT2D eigenvalue weighted by molar-refractivity contribution is 6.00. The second-order valence-corrected chi connectivity index (χ2v) is 6.92. The molecule has 1 unspecified atom stereocenters. The number of benzene rings is 1. The van der Waals surface area contributed by atoms with Crippen LogP contribution in [0.3, 0.4) is 0 Å². The van der Waals surface area contributed by atoms with E-state index in [1.807, 2.05) is 25.1 Å². The maximum absolute atomic E-state index is 12.8. The second kappa shape index (κ2) is 4.81. The lowest BCUT2D eigenvalue weighted by Gasteiger charge is -2.40. The van der Waals surface area contributed by atoms with Crippen LogP contribution in [0.2, 0.25) is 0 Å². The van der Waals surface area contributed by atoms with E-state index >= 15 is 0 Å². The Labute approximate surface area is 134 Å². The van der Waals surface area contributed by atoms with Crippen molar-refractivity contribution in [1.82, 2.24) is 15.1 Å². The van der Waals surface area contributed by atoms with Gasteiger partial charge in [-0.25, -0.2) is 4.99 Å². The number of amides is 1. The number of hydrogen-bond acceptors (Lipinski definition) is 4. The van der Waals surface area contributed by atoms with E-state index in [-0.39, 0.29) is 17.8 Å². The first kappa shape index (κ1) is 14.2. The van der Waals surface area contributed by atoms with Gasteiger partial charge in [0, 0.05) is 12.4 Å². The molecule has 0 spiro atoms. The Balaban J connectivity index is 1.83. The molecule has 3 N–H and O–H groups in total. The van der Waals surface area contributed by atoms with Crippen LogP contribution in [0.4, 0.5) is 0 Å². The Kier molecular flexibility index (Phi) is 2.98. The minimum atomic E-state index is -0.629. The van der Waals surface area contributed by atoms with Crippen LogP contribution in [0, 0.1) is 11.8 Å². The fraction of sp³-hybridized carbons (Fsp3) is 0.471. The van der Waals surface area contributed by atoms with Crippen LogP contribution in [0.25, 0.3) is 10.9 Å². The van der Waals surface area contributed by atoms with Crippen LogP contribution in [0.5, 0.6) is 0 Å². The summed E-state index contributed by atoms with van der Waals surface area (Å²) >= 11 is 0. The number of carbonyl (C=O) groups excluding carboxylic acids is 1. The van der Waals surface area contributed by atoms with E-state index in [1.165, 1.54) is 17.7 Å². The molecule has 0 bridgehead atoms. The molecule has 1 aliphatic carbocycles. The summed E-state index contributed by atoms with van der Waals surface area (Å²) in [4.78, 5) is 19.1. The first-order valence-corrected chi connectivity index (χ1v) is 8.05. The standard InChI is InChI=1S/C17H21N5O/c1-17(12-6-5-11-9-19-21-14(11)8-12)13(7-10-3-4-10)15(23)22(2)16(18)20-17/h5-6,8-10,13H,3-4,7H2,1-2H3,(H2,18,20)(H,19,21)/t13?,17-/m1/s1. The van der Waals surface area contributed by atoms with Crippen molar-refractivity contribution in [3.05, 3.63) is 30.0 Å². The molecule has 120 valence electrons. The number of guanidine groups is 1. The van der Waals surface area contributed by atoms with Crippen LogP contribution in [-0.4, -0.2) is 34.0 Å². The number of rotatable bonds is 3. The van der Waals surface area contributed by atoms with E-state index in [9.17, 15) is 4.79 Å². The summed E-state index contributed by atoms with van der Waals surface area (Å²) in [6, 6.07) is 6.09. The maximum atomic E-state index is 12.8. The summed E-state index contributed by atoms with van der Waals surface area (Å²) in [5, 5.41) is 8.11. The van der Waals surface area contributed by atoms with E-state index in [2.05, 4.69) is 10.2 Å². The molecule has 0 radical (unpaired) electrons. The number of aliphatic imine (C=N–C) groups is 1. The summed E-state index contributed by atoms with van der Waals surface area (Å²) < 4.78 is 0. The molecule has 6 heteroatoms. The van der Waals surface area contributed by atoms with Crippen molar-refractivity contribution in [3.63, 3.8) is 0 Å². The van der Waals surface area contributed by atoms with E-state index in [0.717, 1.165) is 22.9 Å². The third-order valence-electron chi connectivity index (χ3n) is 5.29. The molecule has 1 aliphatic heterocycles. The summed E-state index contributed by atoms with van der Waals surface area (Å²) in [5.74, 6) is 0.820. The largest absolute Gasteiger partial charge is 0.369 e. The highest BCUT2D eigenvalue weighted by atomic mass is 16.2. The molecule has 1 fully saturated rings. The first-order chi connectivity index (χ1) is 11.0. The Morgan fingerprint density at radius 3 is 2.96 bits per heavy atom. The molecular weight excluding hydrogens is 290 g/mol. The highest BCUT2D eigenvalue weighted by Gasteiger charge is 2.48. The lowest BCUT2D eigenvalue weighted by Crippen LogP contribution is -2.53. The summed E-state index contributed by atoms with van der Waals surface area (Å²) in [6.45, 7) is 2.02. The Hall–Kier alpha value is -2.37. The maximum Gasteiger partial charge on any atom is 0.234 e. The fourth-order valence-corrected chi connectivity index (χ4v) is 3.51. The molecule has 1 aromatic heterocycles. The van der Waals surface area contributed by atoms with E-state index < -0.39 is 5.54 Å². The van der Waals surface area contributed by atoms with Gasteiger partial charge in [0.15, 0.2) is 5.96 Å². The molecule has 1 saturated carbocycles. The quantitative estimate of drug-likeness (QED) is 0.908. The lowest BCUT2D eigenvalue weighted by molar-refractivity contribution is -0.134. The second-order valence-electron chi connectivity index (χ2n) is 6.92. The van der Waals surface area contributed by atoms with Crippen molar-refractivity contribution in [2.45, 2.75) is 31.7 Å². The molecular formula is C17H21N5O. The monoisotopic (exact) mass is 311 g/mol. The normalized spacial score (nSPS) is 28.3. The van der Waals surface area contributed by atoms with Crippen molar-refractivity contribution >= 4 is 22.8 Å². The van der Waals surface area contributed by atoms with E-state index in [4.69, 9.17) is 10.7 Å². The van der Waals surface area contributed by atoms with Gasteiger partial charge in [-0.3, -0.25) is 14.8 Å². The molecule has 2 aromatic rings. The summed E-state index contributed by atoms with van der Waals surface area (Å²) in [5.41, 5.74) is 7.35. The van der Waals surface area contributed by atoms with E-state index in [1.54, 1.807) is 13.2 Å². The van der Waals surface area contributed by atoms with Gasteiger partial charge in [0.05, 0.1) is 23.2 Å². The van der Waals surface area contributed by atoms with Crippen LogP contribution in [-0.2, 0) is 10.3 Å². The van der Waals surface area contributed by atoms with Crippen LogP contribution in [0.15, 0.2) is 29.4 Å². The van der Waals surface area contributed by atoms with Crippen LogP contribution in [0.1, 0.15) is 31.7 Å². The van der Waals surface area contributed by atoms with Crippen molar-refractivity contribution < 1.29 is 4.79 Å². The minimum absolute atomic E-state index is 0.0663. The number of aromatic amines is 1. The number of nitrogens with two attached hydrogens (primary N) is 1. The van der Waals surface area contributed by atoms with E-state index in [0.29, 0.717) is 5.92 Å². The van der Waals surface area contributed by atoms with Crippen molar-refractivity contribution in [3.8, 4) is 0 Å². The predicted octanol–water partition coefficient (Wildman–Crippen LogP) is 1.98. The van der Waals surface area contributed by atoms with Gasteiger partial charge in [-0.15, -0.1) is 0 Å². The zero-order chi connectivity index (χ0) is 16.2. The topological polar surface area (TPSA) is 87.4 Å². The molecule has 6 nitrogen and oxygen atoms in total. The van der Waals surface area contributed by atoms with Gasteiger partial charge in [0.1, 0.15) is 0 Å². The molecule has 0 saturated heterocycles.